The highest BCUT2D eigenvalue weighted by molar-refractivity contribution is 6.31. The first-order valence-corrected chi connectivity index (χ1v) is 10.7. The van der Waals surface area contributed by atoms with Crippen LogP contribution in [0.4, 0.5) is 8.78 Å². The van der Waals surface area contributed by atoms with Gasteiger partial charge in [0, 0.05) is 60.4 Å². The van der Waals surface area contributed by atoms with Crippen molar-refractivity contribution in [1.29, 1.82) is 0 Å². The molecule has 1 N–H and O–H groups in total. The summed E-state index contributed by atoms with van der Waals surface area (Å²) in [6.45, 7) is 3.34. The number of rotatable bonds is 7. The minimum atomic E-state index is -0.500. The zero-order chi connectivity index (χ0) is 22.4. The Kier molecular flexibility index (Phi) is 8.23. The van der Waals surface area contributed by atoms with Gasteiger partial charge in [0.05, 0.1) is 12.8 Å². The van der Waals surface area contributed by atoms with Gasteiger partial charge < -0.3 is 10.2 Å². The van der Waals surface area contributed by atoms with Crippen molar-refractivity contribution < 1.29 is 18.4 Å². The van der Waals surface area contributed by atoms with Gasteiger partial charge in [-0.15, -0.1) is 0 Å². The zero-order valence-corrected chi connectivity index (χ0v) is 18.4. The van der Waals surface area contributed by atoms with Crippen LogP contribution in [0, 0.1) is 11.6 Å². The van der Waals surface area contributed by atoms with Gasteiger partial charge in [0.1, 0.15) is 11.6 Å². The number of amides is 2. The van der Waals surface area contributed by atoms with Crippen LogP contribution in [0.5, 0.6) is 0 Å². The SMILES string of the molecule is O=C(Cc1c(F)cccc1Cl)NCCN1CCN(C(=O)Cc2c(F)cccc2Cl)CC1. The van der Waals surface area contributed by atoms with Gasteiger partial charge in [-0.05, 0) is 24.3 Å². The molecular formula is C22H23Cl2F2N3O2. The van der Waals surface area contributed by atoms with E-state index in [4.69, 9.17) is 23.2 Å². The molecule has 1 aliphatic rings. The number of halogens is 4. The topological polar surface area (TPSA) is 52.7 Å². The number of carbonyl (C=O) groups is 2. The van der Waals surface area contributed by atoms with E-state index in [1.54, 1.807) is 17.0 Å². The Bertz CT molecular complexity index is 907. The average molecular weight is 470 g/mol. The summed E-state index contributed by atoms with van der Waals surface area (Å²) in [5.74, 6) is -1.45. The molecule has 1 heterocycles. The number of hydrogen-bond donors (Lipinski definition) is 1. The lowest BCUT2D eigenvalue weighted by Gasteiger charge is -2.34. The van der Waals surface area contributed by atoms with Crippen molar-refractivity contribution in [3.8, 4) is 0 Å². The van der Waals surface area contributed by atoms with E-state index in [-0.39, 0.29) is 45.8 Å². The van der Waals surface area contributed by atoms with Crippen LogP contribution in [0.15, 0.2) is 36.4 Å². The molecule has 9 heteroatoms. The van der Waals surface area contributed by atoms with Gasteiger partial charge in [0.25, 0.3) is 0 Å². The van der Waals surface area contributed by atoms with Crippen molar-refractivity contribution in [1.82, 2.24) is 15.1 Å². The van der Waals surface area contributed by atoms with Crippen LogP contribution in [0.2, 0.25) is 10.0 Å². The smallest absolute Gasteiger partial charge is 0.227 e. The summed E-state index contributed by atoms with van der Waals surface area (Å²) in [5.41, 5.74) is 0.401. The number of nitrogens with one attached hydrogen (secondary N) is 1. The molecule has 2 amide bonds. The van der Waals surface area contributed by atoms with Crippen molar-refractivity contribution in [3.05, 3.63) is 69.2 Å². The van der Waals surface area contributed by atoms with Gasteiger partial charge in [0.15, 0.2) is 0 Å². The summed E-state index contributed by atoms with van der Waals surface area (Å²) in [7, 11) is 0. The summed E-state index contributed by atoms with van der Waals surface area (Å²) in [4.78, 5) is 28.4. The van der Waals surface area contributed by atoms with Crippen molar-refractivity contribution in [2.75, 3.05) is 39.3 Å². The van der Waals surface area contributed by atoms with E-state index in [1.807, 2.05) is 0 Å². The van der Waals surface area contributed by atoms with E-state index >= 15 is 0 Å². The lowest BCUT2D eigenvalue weighted by Crippen LogP contribution is -2.50. The Balaban J connectivity index is 1.39. The molecule has 0 atom stereocenters. The molecule has 31 heavy (non-hydrogen) atoms. The number of piperazine rings is 1. The standard InChI is InChI=1S/C22H23Cl2F2N3O2/c23-17-3-1-5-19(25)15(17)13-21(30)27-7-8-28-9-11-29(12-10-28)22(31)14-16-18(24)4-2-6-20(16)26/h1-6H,7-14H2,(H,27,30). The van der Waals surface area contributed by atoms with Crippen LogP contribution < -0.4 is 5.32 Å². The molecule has 0 spiro atoms. The molecule has 166 valence electrons. The molecule has 3 rings (SSSR count). The summed E-state index contributed by atoms with van der Waals surface area (Å²) in [6.07, 6.45) is -0.188. The molecule has 0 aliphatic carbocycles. The van der Waals surface area contributed by atoms with Crippen molar-refractivity contribution in [2.45, 2.75) is 12.8 Å². The quantitative estimate of drug-likeness (QED) is 0.676. The van der Waals surface area contributed by atoms with Crippen LogP contribution in [0.3, 0.4) is 0 Å². The van der Waals surface area contributed by atoms with Gasteiger partial charge in [-0.1, -0.05) is 35.3 Å². The second-order valence-electron chi connectivity index (χ2n) is 7.33. The molecule has 0 aromatic heterocycles. The Morgan fingerprint density at radius 3 is 1.97 bits per heavy atom. The van der Waals surface area contributed by atoms with Crippen LogP contribution in [-0.4, -0.2) is 60.9 Å². The average Bonchev–Trinajstić information content (AvgIpc) is 2.74. The highest BCUT2D eigenvalue weighted by atomic mass is 35.5. The second-order valence-corrected chi connectivity index (χ2v) is 8.14. The number of hydrogen-bond acceptors (Lipinski definition) is 3. The fourth-order valence-electron chi connectivity index (χ4n) is 3.46. The van der Waals surface area contributed by atoms with Gasteiger partial charge in [-0.25, -0.2) is 8.78 Å². The van der Waals surface area contributed by atoms with Gasteiger partial charge in [-0.2, -0.15) is 0 Å². The van der Waals surface area contributed by atoms with Crippen LogP contribution in [0.25, 0.3) is 0 Å². The van der Waals surface area contributed by atoms with Gasteiger partial charge in [0.2, 0.25) is 11.8 Å². The number of carbonyl (C=O) groups excluding carboxylic acids is 2. The first-order valence-electron chi connectivity index (χ1n) is 9.97. The van der Waals surface area contributed by atoms with E-state index in [2.05, 4.69) is 10.2 Å². The molecule has 0 bridgehead atoms. The molecule has 5 nitrogen and oxygen atoms in total. The first kappa shape index (κ1) is 23.4. The van der Waals surface area contributed by atoms with Crippen molar-refractivity contribution in [3.63, 3.8) is 0 Å². The molecule has 1 fully saturated rings. The maximum Gasteiger partial charge on any atom is 0.227 e. The van der Waals surface area contributed by atoms with Crippen molar-refractivity contribution >= 4 is 35.0 Å². The van der Waals surface area contributed by atoms with Crippen LogP contribution in [-0.2, 0) is 22.4 Å². The summed E-state index contributed by atoms with van der Waals surface area (Å²) >= 11 is 12.0. The Hall–Kier alpha value is -2.22. The predicted octanol–water partition coefficient (Wildman–Crippen LogP) is 3.32. The molecule has 1 aliphatic heterocycles. The summed E-state index contributed by atoms with van der Waals surface area (Å²) in [6, 6.07) is 8.69. The highest BCUT2D eigenvalue weighted by Crippen LogP contribution is 2.21. The molecule has 0 radical (unpaired) electrons. The third-order valence-corrected chi connectivity index (χ3v) is 5.97. The van der Waals surface area contributed by atoms with Crippen molar-refractivity contribution in [2.24, 2.45) is 0 Å². The molecule has 2 aromatic carbocycles. The first-order chi connectivity index (χ1) is 14.8. The minimum Gasteiger partial charge on any atom is -0.355 e. The van der Waals surface area contributed by atoms with E-state index in [0.29, 0.717) is 39.3 Å². The molecule has 1 saturated heterocycles. The fourth-order valence-corrected chi connectivity index (χ4v) is 3.92. The minimum absolute atomic E-state index is 0.0693. The van der Waals surface area contributed by atoms with Crippen LogP contribution in [0.1, 0.15) is 11.1 Å². The third-order valence-electron chi connectivity index (χ3n) is 5.26. The molecule has 0 unspecified atom stereocenters. The molecule has 0 saturated carbocycles. The van der Waals surface area contributed by atoms with E-state index in [0.717, 1.165) is 0 Å². The normalized spacial score (nSPS) is 14.5. The van der Waals surface area contributed by atoms with Gasteiger partial charge >= 0.3 is 0 Å². The Morgan fingerprint density at radius 2 is 1.42 bits per heavy atom. The fraction of sp³-hybridized carbons (Fsp3) is 0.364. The highest BCUT2D eigenvalue weighted by Gasteiger charge is 2.23. The number of benzene rings is 2. The summed E-state index contributed by atoms with van der Waals surface area (Å²) in [5, 5.41) is 3.25. The van der Waals surface area contributed by atoms with E-state index in [1.165, 1.54) is 24.3 Å². The molecular weight excluding hydrogens is 447 g/mol. The monoisotopic (exact) mass is 469 g/mol. The molecule has 2 aromatic rings. The number of nitrogens with zero attached hydrogens (tertiary/aromatic N) is 2. The largest absolute Gasteiger partial charge is 0.355 e. The van der Waals surface area contributed by atoms with E-state index in [9.17, 15) is 18.4 Å². The third kappa shape index (κ3) is 6.38. The van der Waals surface area contributed by atoms with E-state index < -0.39 is 11.6 Å². The summed E-state index contributed by atoms with van der Waals surface area (Å²) < 4.78 is 27.7. The zero-order valence-electron chi connectivity index (χ0n) is 16.8. The lowest BCUT2D eigenvalue weighted by atomic mass is 10.1. The Labute approximate surface area is 189 Å². The Morgan fingerprint density at radius 1 is 0.871 bits per heavy atom. The van der Waals surface area contributed by atoms with Crippen LogP contribution >= 0.6 is 23.2 Å². The van der Waals surface area contributed by atoms with Gasteiger partial charge in [-0.3, -0.25) is 14.5 Å². The lowest BCUT2D eigenvalue weighted by molar-refractivity contribution is -0.132. The predicted molar refractivity (Wildman–Crippen MR) is 116 cm³/mol. The second kappa shape index (κ2) is 10.9. The maximum absolute atomic E-state index is 13.9. The maximum atomic E-state index is 13.9.